The highest BCUT2D eigenvalue weighted by Gasteiger charge is 2.13. The van der Waals surface area contributed by atoms with Crippen molar-refractivity contribution in [1.29, 1.82) is 0 Å². The molecule has 2 atom stereocenters. The molecular formula is C8H13N. The van der Waals surface area contributed by atoms with Crippen LogP contribution in [0.3, 0.4) is 0 Å². The summed E-state index contributed by atoms with van der Waals surface area (Å²) in [5.41, 5.74) is 1.25. The van der Waals surface area contributed by atoms with Crippen molar-refractivity contribution in [2.45, 2.75) is 20.8 Å². The van der Waals surface area contributed by atoms with E-state index in [4.69, 9.17) is 0 Å². The molecule has 1 heteroatoms. The summed E-state index contributed by atoms with van der Waals surface area (Å²) in [6, 6.07) is 0. The molecule has 1 aliphatic rings. The quantitative estimate of drug-likeness (QED) is 0.468. The molecule has 0 saturated heterocycles. The molecular weight excluding hydrogens is 110 g/mol. The molecule has 50 valence electrons. The molecule has 0 aromatic carbocycles. The molecule has 0 spiro atoms. The molecule has 2 unspecified atom stereocenters. The first-order chi connectivity index (χ1) is 4.22. The molecule has 1 nitrogen and oxygen atoms in total. The Bertz CT molecular complexity index is 156. The van der Waals surface area contributed by atoms with E-state index >= 15 is 0 Å². The van der Waals surface area contributed by atoms with Crippen molar-refractivity contribution in [2.24, 2.45) is 16.8 Å². The molecule has 1 heterocycles. The summed E-state index contributed by atoms with van der Waals surface area (Å²) < 4.78 is 0. The normalized spacial score (nSPS) is 34.3. The minimum absolute atomic E-state index is 0.634. The largest absolute Gasteiger partial charge is 0.266 e. The van der Waals surface area contributed by atoms with Crippen molar-refractivity contribution in [3.8, 4) is 0 Å². The van der Waals surface area contributed by atoms with Crippen LogP contribution in [0.5, 0.6) is 0 Å². The molecule has 0 aromatic rings. The lowest BCUT2D eigenvalue weighted by molar-refractivity contribution is 0.579. The fourth-order valence-corrected chi connectivity index (χ4v) is 0.961. The van der Waals surface area contributed by atoms with Crippen molar-refractivity contribution in [2.75, 3.05) is 0 Å². The topological polar surface area (TPSA) is 12.4 Å². The van der Waals surface area contributed by atoms with Gasteiger partial charge in [-0.15, -0.1) is 0 Å². The average molecular weight is 123 g/mol. The van der Waals surface area contributed by atoms with E-state index < -0.39 is 0 Å². The maximum Gasteiger partial charge on any atom is 0.0230 e. The van der Waals surface area contributed by atoms with Crippen molar-refractivity contribution >= 4 is 5.71 Å². The highest BCUT2D eigenvalue weighted by Crippen LogP contribution is 2.17. The Morgan fingerprint density at radius 2 is 2.11 bits per heavy atom. The van der Waals surface area contributed by atoms with Crippen LogP contribution in [0, 0.1) is 11.8 Å². The molecule has 0 N–H and O–H groups in total. The Labute approximate surface area is 56.5 Å². The Morgan fingerprint density at radius 3 is 2.56 bits per heavy atom. The van der Waals surface area contributed by atoms with E-state index in [-0.39, 0.29) is 0 Å². The lowest BCUT2D eigenvalue weighted by Gasteiger charge is -2.18. The Balaban J connectivity index is 2.73. The van der Waals surface area contributed by atoms with E-state index in [9.17, 15) is 0 Å². The first-order valence-electron chi connectivity index (χ1n) is 3.43. The highest BCUT2D eigenvalue weighted by molar-refractivity contribution is 5.85. The molecule has 1 aliphatic heterocycles. The fraction of sp³-hybridized carbons (Fsp3) is 0.625. The van der Waals surface area contributed by atoms with E-state index in [1.165, 1.54) is 5.71 Å². The maximum absolute atomic E-state index is 4.20. The van der Waals surface area contributed by atoms with Crippen LogP contribution in [0.1, 0.15) is 20.8 Å². The zero-order valence-corrected chi connectivity index (χ0v) is 6.26. The van der Waals surface area contributed by atoms with Crippen LogP contribution >= 0.6 is 0 Å². The van der Waals surface area contributed by atoms with Gasteiger partial charge in [-0.25, -0.2) is 0 Å². The van der Waals surface area contributed by atoms with E-state index in [0.717, 1.165) is 0 Å². The molecule has 0 fully saturated rings. The Kier molecular flexibility index (Phi) is 1.70. The number of nitrogens with zero attached hydrogens (tertiary/aromatic N) is 1. The van der Waals surface area contributed by atoms with Gasteiger partial charge in [-0.3, -0.25) is 4.99 Å². The molecule has 1 rings (SSSR count). The van der Waals surface area contributed by atoms with Gasteiger partial charge in [0.2, 0.25) is 0 Å². The number of rotatable bonds is 0. The van der Waals surface area contributed by atoms with Gasteiger partial charge in [0.15, 0.2) is 0 Å². The fourth-order valence-electron chi connectivity index (χ4n) is 0.961. The van der Waals surface area contributed by atoms with Gasteiger partial charge in [0, 0.05) is 17.8 Å². The summed E-state index contributed by atoms with van der Waals surface area (Å²) in [7, 11) is 0. The van der Waals surface area contributed by atoms with Crippen LogP contribution in [-0.4, -0.2) is 5.71 Å². The molecule has 9 heavy (non-hydrogen) atoms. The summed E-state index contributed by atoms with van der Waals surface area (Å²) in [5.74, 6) is 1.30. The average Bonchev–Trinajstić information content (AvgIpc) is 1.83. The third-order valence-electron chi connectivity index (χ3n) is 2.12. The Morgan fingerprint density at radius 1 is 1.44 bits per heavy atom. The van der Waals surface area contributed by atoms with Crippen molar-refractivity contribution < 1.29 is 0 Å². The van der Waals surface area contributed by atoms with E-state index in [0.29, 0.717) is 11.8 Å². The van der Waals surface area contributed by atoms with Crippen molar-refractivity contribution in [1.82, 2.24) is 0 Å². The van der Waals surface area contributed by atoms with Crippen LogP contribution in [0.15, 0.2) is 17.3 Å². The summed E-state index contributed by atoms with van der Waals surface area (Å²) in [6.07, 6.45) is 4.05. The van der Waals surface area contributed by atoms with Gasteiger partial charge in [-0.1, -0.05) is 19.9 Å². The Hall–Kier alpha value is -0.590. The summed E-state index contributed by atoms with van der Waals surface area (Å²) in [5, 5.41) is 0. The second-order valence-corrected chi connectivity index (χ2v) is 2.76. The molecule has 0 amide bonds. The lowest BCUT2D eigenvalue weighted by atomic mass is 9.90. The van der Waals surface area contributed by atoms with Crippen LogP contribution in [0.25, 0.3) is 0 Å². The highest BCUT2D eigenvalue weighted by atomic mass is 14.7. The van der Waals surface area contributed by atoms with Crippen LogP contribution in [-0.2, 0) is 0 Å². The monoisotopic (exact) mass is 123 g/mol. The number of allylic oxidation sites excluding steroid dienone is 1. The van der Waals surface area contributed by atoms with Crippen molar-refractivity contribution in [3.63, 3.8) is 0 Å². The molecule has 0 aromatic heterocycles. The van der Waals surface area contributed by atoms with Gasteiger partial charge < -0.3 is 0 Å². The smallest absolute Gasteiger partial charge is 0.0230 e. The first-order valence-corrected chi connectivity index (χ1v) is 3.43. The van der Waals surface area contributed by atoms with Crippen LogP contribution in [0.4, 0.5) is 0 Å². The summed E-state index contributed by atoms with van der Waals surface area (Å²) in [6.45, 7) is 6.52. The molecule has 0 radical (unpaired) electrons. The second-order valence-electron chi connectivity index (χ2n) is 2.76. The van der Waals surface area contributed by atoms with Gasteiger partial charge in [0.1, 0.15) is 0 Å². The van der Waals surface area contributed by atoms with Gasteiger partial charge in [-0.05, 0) is 12.8 Å². The second kappa shape index (κ2) is 2.34. The SMILES string of the molecule is CC1=NC=CC(C)C1C. The van der Waals surface area contributed by atoms with Gasteiger partial charge in [0.05, 0.1) is 0 Å². The maximum atomic E-state index is 4.20. The molecule has 0 bridgehead atoms. The predicted octanol–water partition coefficient (Wildman–Crippen LogP) is 2.25. The number of hydrogen-bond donors (Lipinski definition) is 0. The van der Waals surface area contributed by atoms with E-state index in [1.807, 2.05) is 6.20 Å². The summed E-state index contributed by atoms with van der Waals surface area (Å²) >= 11 is 0. The third kappa shape index (κ3) is 1.21. The lowest BCUT2D eigenvalue weighted by Crippen LogP contribution is -2.16. The third-order valence-corrected chi connectivity index (χ3v) is 2.12. The van der Waals surface area contributed by atoms with E-state index in [2.05, 4.69) is 31.8 Å². The van der Waals surface area contributed by atoms with Crippen molar-refractivity contribution in [3.05, 3.63) is 12.3 Å². The molecule has 0 aliphatic carbocycles. The van der Waals surface area contributed by atoms with Gasteiger partial charge in [0.25, 0.3) is 0 Å². The number of hydrogen-bond acceptors (Lipinski definition) is 1. The van der Waals surface area contributed by atoms with E-state index in [1.54, 1.807) is 0 Å². The standard InChI is InChI=1S/C8H13N/c1-6-4-5-9-8(3)7(6)2/h4-7H,1-3H3. The zero-order valence-electron chi connectivity index (χ0n) is 6.26. The van der Waals surface area contributed by atoms with Crippen LogP contribution in [0.2, 0.25) is 0 Å². The summed E-state index contributed by atoms with van der Waals surface area (Å²) in [4.78, 5) is 4.20. The molecule has 0 saturated carbocycles. The number of aliphatic imine (C=N–C) groups is 1. The zero-order chi connectivity index (χ0) is 6.85. The first kappa shape index (κ1) is 6.53. The predicted molar refractivity (Wildman–Crippen MR) is 40.6 cm³/mol. The van der Waals surface area contributed by atoms with Crippen LogP contribution < -0.4 is 0 Å². The minimum Gasteiger partial charge on any atom is -0.266 e. The van der Waals surface area contributed by atoms with Gasteiger partial charge in [-0.2, -0.15) is 0 Å². The van der Waals surface area contributed by atoms with Gasteiger partial charge >= 0.3 is 0 Å². The minimum atomic E-state index is 0.634.